The number of rotatable bonds is 8. The van der Waals surface area contributed by atoms with Gasteiger partial charge in [0.1, 0.15) is 10.6 Å². The van der Waals surface area contributed by atoms with E-state index in [0.29, 0.717) is 17.2 Å². The number of ether oxygens (including phenoxy) is 1. The maximum atomic E-state index is 13.1. The Bertz CT molecular complexity index is 1230. The Morgan fingerprint density at radius 3 is 2.52 bits per heavy atom. The van der Waals surface area contributed by atoms with E-state index in [1.54, 1.807) is 49.5 Å². The molecule has 0 atom stereocenters. The van der Waals surface area contributed by atoms with Gasteiger partial charge in [-0.15, -0.1) is 0 Å². The number of non-ortho nitro benzene ring substituents is 1. The highest BCUT2D eigenvalue weighted by Crippen LogP contribution is 2.31. The fraction of sp³-hybridized carbons (Fsp3) is 0.100. The van der Waals surface area contributed by atoms with E-state index in [9.17, 15) is 18.5 Å². The molecular formula is C20H19N5O5S. The second kappa shape index (κ2) is 9.22. The molecule has 0 saturated heterocycles. The van der Waals surface area contributed by atoms with Crippen LogP contribution in [0.15, 0.2) is 76.9 Å². The summed E-state index contributed by atoms with van der Waals surface area (Å²) < 4.78 is 33.8. The molecule has 3 rings (SSSR count). The Morgan fingerprint density at radius 2 is 1.84 bits per heavy atom. The summed E-state index contributed by atoms with van der Waals surface area (Å²) in [6.07, 6.45) is 1.60. The van der Waals surface area contributed by atoms with Crippen LogP contribution in [0, 0.1) is 10.1 Å². The van der Waals surface area contributed by atoms with Crippen LogP contribution in [0.1, 0.15) is 12.6 Å². The van der Waals surface area contributed by atoms with Crippen molar-refractivity contribution in [2.24, 2.45) is 5.10 Å². The average Bonchev–Trinajstić information content (AvgIpc) is 2.78. The third kappa shape index (κ3) is 5.14. The molecule has 10 nitrogen and oxygen atoms in total. The Hall–Kier alpha value is -3.99. The number of hydrazone groups is 1. The van der Waals surface area contributed by atoms with Crippen LogP contribution < -0.4 is 14.9 Å². The van der Waals surface area contributed by atoms with Crippen molar-refractivity contribution in [3.63, 3.8) is 0 Å². The van der Waals surface area contributed by atoms with Crippen LogP contribution in [0.25, 0.3) is 0 Å². The second-order valence-electron chi connectivity index (χ2n) is 6.27. The SMILES string of the molecule is COc1ccccc1NS(=O)(=O)c1cc([N+](=O)[O-])ccc1N/N=C(/C)c1ccccn1. The number of nitro benzene ring substituents is 1. The number of hydrogen-bond donors (Lipinski definition) is 2. The number of nitro groups is 1. The molecule has 0 unspecified atom stereocenters. The number of aromatic nitrogens is 1. The highest BCUT2D eigenvalue weighted by molar-refractivity contribution is 7.93. The van der Waals surface area contributed by atoms with E-state index in [0.717, 1.165) is 6.07 Å². The van der Waals surface area contributed by atoms with Gasteiger partial charge >= 0.3 is 0 Å². The summed E-state index contributed by atoms with van der Waals surface area (Å²) in [5.74, 6) is 0.301. The molecule has 2 N–H and O–H groups in total. The lowest BCUT2D eigenvalue weighted by molar-refractivity contribution is -0.385. The van der Waals surface area contributed by atoms with Crippen LogP contribution in [-0.2, 0) is 10.0 Å². The Kier molecular flexibility index (Phi) is 6.46. The number of hydrogen-bond acceptors (Lipinski definition) is 8. The first-order valence-corrected chi connectivity index (χ1v) is 10.5. The number of anilines is 2. The van der Waals surface area contributed by atoms with E-state index in [1.165, 1.54) is 25.3 Å². The van der Waals surface area contributed by atoms with E-state index in [4.69, 9.17) is 4.74 Å². The number of pyridine rings is 1. The van der Waals surface area contributed by atoms with Gasteiger partial charge in [-0.2, -0.15) is 5.10 Å². The molecule has 0 spiro atoms. The molecular weight excluding hydrogens is 422 g/mol. The topological polar surface area (TPSA) is 136 Å². The molecule has 160 valence electrons. The molecule has 11 heteroatoms. The monoisotopic (exact) mass is 441 g/mol. The largest absolute Gasteiger partial charge is 0.495 e. The summed E-state index contributed by atoms with van der Waals surface area (Å²) in [4.78, 5) is 14.4. The molecule has 2 aromatic carbocycles. The maximum absolute atomic E-state index is 13.1. The summed E-state index contributed by atoms with van der Waals surface area (Å²) in [7, 11) is -2.82. The molecule has 0 radical (unpaired) electrons. The van der Waals surface area contributed by atoms with Crippen molar-refractivity contribution < 1.29 is 18.1 Å². The van der Waals surface area contributed by atoms with Gasteiger partial charge in [0, 0.05) is 18.3 Å². The van der Waals surface area contributed by atoms with Crippen LogP contribution in [-0.4, -0.2) is 31.1 Å². The zero-order chi connectivity index (χ0) is 22.4. The zero-order valence-corrected chi connectivity index (χ0v) is 17.5. The van der Waals surface area contributed by atoms with Crippen molar-refractivity contribution in [1.29, 1.82) is 0 Å². The number of methoxy groups -OCH3 is 1. The van der Waals surface area contributed by atoms with E-state index in [-0.39, 0.29) is 22.0 Å². The molecule has 0 bridgehead atoms. The van der Waals surface area contributed by atoms with Gasteiger partial charge in [-0.1, -0.05) is 18.2 Å². The van der Waals surface area contributed by atoms with Gasteiger partial charge in [-0.25, -0.2) is 8.42 Å². The minimum absolute atomic E-state index is 0.0586. The minimum atomic E-state index is -4.23. The standard InChI is InChI=1S/C20H19N5O5S/c1-14(16-7-5-6-12-21-16)22-23-18-11-10-15(25(26)27)13-20(18)31(28,29)24-17-8-3-4-9-19(17)30-2/h3-13,23-24H,1-2H3/b22-14-. The summed E-state index contributed by atoms with van der Waals surface area (Å²) in [5.41, 5.74) is 3.63. The summed E-state index contributed by atoms with van der Waals surface area (Å²) in [6.45, 7) is 1.70. The van der Waals surface area contributed by atoms with Crippen molar-refractivity contribution in [3.8, 4) is 5.75 Å². The van der Waals surface area contributed by atoms with Crippen molar-refractivity contribution in [1.82, 2.24) is 4.98 Å². The molecule has 1 aromatic heterocycles. The van der Waals surface area contributed by atoms with Crippen LogP contribution in [0.2, 0.25) is 0 Å². The third-order valence-electron chi connectivity index (χ3n) is 4.20. The first kappa shape index (κ1) is 21.7. The lowest BCUT2D eigenvalue weighted by Gasteiger charge is -2.14. The van der Waals surface area contributed by atoms with Crippen molar-refractivity contribution in [3.05, 3.63) is 82.7 Å². The summed E-state index contributed by atoms with van der Waals surface area (Å²) >= 11 is 0. The molecule has 0 fully saturated rings. The number of nitrogens with one attached hydrogen (secondary N) is 2. The lowest BCUT2D eigenvalue weighted by Crippen LogP contribution is -2.16. The van der Waals surface area contributed by atoms with Gasteiger partial charge in [-0.3, -0.25) is 25.2 Å². The minimum Gasteiger partial charge on any atom is -0.495 e. The molecule has 0 saturated carbocycles. The zero-order valence-electron chi connectivity index (χ0n) is 16.6. The molecule has 1 heterocycles. The first-order valence-electron chi connectivity index (χ1n) is 8.98. The third-order valence-corrected chi connectivity index (χ3v) is 5.60. The van der Waals surface area contributed by atoms with Crippen LogP contribution >= 0.6 is 0 Å². The highest BCUT2D eigenvalue weighted by atomic mass is 32.2. The van der Waals surface area contributed by atoms with Crippen molar-refractivity contribution in [2.75, 3.05) is 17.3 Å². The number of nitrogens with zero attached hydrogens (tertiary/aromatic N) is 3. The Balaban J connectivity index is 2.01. The van der Waals surface area contributed by atoms with Crippen molar-refractivity contribution >= 4 is 32.8 Å². The van der Waals surface area contributed by atoms with E-state index in [2.05, 4.69) is 20.2 Å². The highest BCUT2D eigenvalue weighted by Gasteiger charge is 2.24. The van der Waals surface area contributed by atoms with E-state index >= 15 is 0 Å². The molecule has 0 aliphatic rings. The van der Waals surface area contributed by atoms with Gasteiger partial charge < -0.3 is 4.74 Å². The average molecular weight is 441 g/mol. The predicted molar refractivity (Wildman–Crippen MR) is 117 cm³/mol. The number of benzene rings is 2. The quantitative estimate of drug-likeness (QED) is 0.309. The molecule has 3 aromatic rings. The number of para-hydroxylation sites is 2. The molecule has 0 aliphatic carbocycles. The van der Waals surface area contributed by atoms with Crippen LogP contribution in [0.5, 0.6) is 5.75 Å². The van der Waals surface area contributed by atoms with Crippen molar-refractivity contribution in [2.45, 2.75) is 11.8 Å². The predicted octanol–water partition coefficient (Wildman–Crippen LogP) is 3.64. The summed E-state index contributed by atoms with van der Waals surface area (Å²) in [5, 5.41) is 15.4. The van der Waals surface area contributed by atoms with E-state index in [1.807, 2.05) is 0 Å². The maximum Gasteiger partial charge on any atom is 0.270 e. The van der Waals surface area contributed by atoms with Gasteiger partial charge in [0.2, 0.25) is 0 Å². The smallest absolute Gasteiger partial charge is 0.270 e. The molecule has 0 amide bonds. The molecule has 0 aliphatic heterocycles. The van der Waals surface area contributed by atoms with Crippen LogP contribution in [0.4, 0.5) is 17.1 Å². The first-order chi connectivity index (χ1) is 14.8. The number of sulfonamides is 1. The Labute approximate surface area is 178 Å². The Morgan fingerprint density at radius 1 is 1.10 bits per heavy atom. The van der Waals surface area contributed by atoms with Gasteiger partial charge in [0.05, 0.1) is 34.8 Å². The van der Waals surface area contributed by atoms with E-state index < -0.39 is 14.9 Å². The fourth-order valence-corrected chi connectivity index (χ4v) is 3.89. The summed E-state index contributed by atoms with van der Waals surface area (Å²) in [6, 6.07) is 15.2. The van der Waals surface area contributed by atoms with Gasteiger partial charge in [0.25, 0.3) is 15.7 Å². The molecule has 31 heavy (non-hydrogen) atoms. The van der Waals surface area contributed by atoms with Gasteiger partial charge in [-0.05, 0) is 37.3 Å². The fourth-order valence-electron chi connectivity index (χ4n) is 2.65. The second-order valence-corrected chi connectivity index (χ2v) is 7.92. The normalized spacial score (nSPS) is 11.6. The van der Waals surface area contributed by atoms with Gasteiger partial charge in [0.15, 0.2) is 0 Å². The lowest BCUT2D eigenvalue weighted by atomic mass is 10.2. The van der Waals surface area contributed by atoms with Crippen LogP contribution in [0.3, 0.4) is 0 Å².